The normalized spacial score (nSPS) is 29.2. The Morgan fingerprint density at radius 3 is 2.64 bits per heavy atom. The minimum Gasteiger partial charge on any atom is -0.373 e. The van der Waals surface area contributed by atoms with E-state index in [0.717, 1.165) is 18.6 Å². The number of hydrogen-bond donors (Lipinski definition) is 2. The van der Waals surface area contributed by atoms with Crippen LogP contribution >= 0.6 is 23.2 Å². The van der Waals surface area contributed by atoms with Crippen molar-refractivity contribution in [3.63, 3.8) is 0 Å². The van der Waals surface area contributed by atoms with Crippen LogP contribution in [0.4, 0.5) is 0 Å². The summed E-state index contributed by atoms with van der Waals surface area (Å²) in [6, 6.07) is 0.344. The number of aliphatic hydroxyl groups excluding tert-OH is 1. The van der Waals surface area contributed by atoms with E-state index >= 15 is 0 Å². The van der Waals surface area contributed by atoms with Gasteiger partial charge in [0.2, 0.25) is 0 Å². The second kappa shape index (κ2) is 6.12. The first kappa shape index (κ1) is 16.3. The fourth-order valence-corrected chi connectivity index (χ4v) is 3.86. The highest BCUT2D eigenvalue weighted by Gasteiger charge is 2.31. The third-order valence-corrected chi connectivity index (χ3v) is 5.35. The fourth-order valence-electron chi connectivity index (χ4n) is 3.29. The first-order valence-corrected chi connectivity index (χ1v) is 8.58. The molecule has 2 aliphatic carbocycles. The summed E-state index contributed by atoms with van der Waals surface area (Å²) in [5.74, 6) is -0.0686. The number of nitrogens with one attached hydrogen (secondary N) is 1. The molecule has 2 atom stereocenters. The number of aliphatic hydroxyl groups is 1. The molecular formula is C17H22Cl2N2O. The summed E-state index contributed by atoms with van der Waals surface area (Å²) < 4.78 is 0. The molecule has 2 unspecified atom stereocenters. The predicted octanol–water partition coefficient (Wildman–Crippen LogP) is 4.08. The second-order valence-electron chi connectivity index (χ2n) is 7.17. The Balaban J connectivity index is 1.64. The van der Waals surface area contributed by atoms with Gasteiger partial charge in [-0.3, -0.25) is 10.3 Å². The first-order chi connectivity index (χ1) is 10.3. The Morgan fingerprint density at radius 1 is 1.27 bits per heavy atom. The molecule has 0 aromatic carbocycles. The lowest BCUT2D eigenvalue weighted by Crippen LogP contribution is -2.42. The van der Waals surface area contributed by atoms with Crippen molar-refractivity contribution < 1.29 is 5.11 Å². The largest absolute Gasteiger partial charge is 0.373 e. The Bertz CT molecular complexity index is 579. The van der Waals surface area contributed by atoms with Gasteiger partial charge < -0.3 is 5.11 Å². The molecule has 1 saturated carbocycles. The minimum atomic E-state index is -0.749. The zero-order chi connectivity index (χ0) is 15.9. The van der Waals surface area contributed by atoms with Gasteiger partial charge in [-0.2, -0.15) is 0 Å². The summed E-state index contributed by atoms with van der Waals surface area (Å²) in [6.07, 6.45) is 9.24. The maximum absolute atomic E-state index is 10.4. The minimum absolute atomic E-state index is 0.0686. The molecule has 0 bridgehead atoms. The van der Waals surface area contributed by atoms with Crippen molar-refractivity contribution >= 4 is 28.9 Å². The van der Waals surface area contributed by atoms with E-state index in [-0.39, 0.29) is 5.92 Å². The first-order valence-electron chi connectivity index (χ1n) is 7.83. The molecular weight excluding hydrogens is 319 g/mol. The third kappa shape index (κ3) is 3.48. The van der Waals surface area contributed by atoms with Gasteiger partial charge in [-0.1, -0.05) is 37.0 Å². The summed E-state index contributed by atoms with van der Waals surface area (Å²) in [7, 11) is 0. The smallest absolute Gasteiger partial charge is 0.148 e. The second-order valence-corrected chi connectivity index (χ2v) is 8.04. The van der Waals surface area contributed by atoms with E-state index in [1.54, 1.807) is 12.2 Å². The summed E-state index contributed by atoms with van der Waals surface area (Å²) in [5.41, 5.74) is 1.86. The van der Waals surface area contributed by atoms with E-state index < -0.39 is 6.23 Å². The van der Waals surface area contributed by atoms with Crippen LogP contribution < -0.4 is 5.32 Å². The lowest BCUT2D eigenvalue weighted by atomic mass is 9.75. The summed E-state index contributed by atoms with van der Waals surface area (Å²) in [6.45, 7) is 4.61. The summed E-state index contributed by atoms with van der Waals surface area (Å²) in [5, 5.41) is 14.9. The summed E-state index contributed by atoms with van der Waals surface area (Å²) in [4.78, 5) is 4.48. The topological polar surface area (TPSA) is 44.6 Å². The average Bonchev–Trinajstić information content (AvgIpc) is 2.85. The maximum Gasteiger partial charge on any atom is 0.148 e. The average molecular weight is 341 g/mol. The lowest BCUT2D eigenvalue weighted by Gasteiger charge is -2.35. The highest BCUT2D eigenvalue weighted by molar-refractivity contribution is 6.39. The quantitative estimate of drug-likeness (QED) is 0.760. The van der Waals surface area contributed by atoms with Gasteiger partial charge >= 0.3 is 0 Å². The van der Waals surface area contributed by atoms with E-state index in [0.29, 0.717) is 27.2 Å². The molecule has 0 spiro atoms. The van der Waals surface area contributed by atoms with Crippen molar-refractivity contribution in [1.82, 2.24) is 5.32 Å². The molecule has 1 aliphatic heterocycles. The third-order valence-electron chi connectivity index (χ3n) is 4.79. The molecule has 0 radical (unpaired) electrons. The van der Waals surface area contributed by atoms with Crippen LogP contribution in [0.3, 0.4) is 0 Å². The predicted molar refractivity (Wildman–Crippen MR) is 92.1 cm³/mol. The Hall–Kier alpha value is -0.610. The van der Waals surface area contributed by atoms with Gasteiger partial charge in [-0.05, 0) is 49.3 Å². The molecule has 1 fully saturated rings. The van der Waals surface area contributed by atoms with Crippen LogP contribution in [-0.4, -0.2) is 23.1 Å². The SMILES string of the molecule is CC1(C)CCC(NC(O)C2=CC3C(Cl)=CC(Cl)=CC3=N2)CC1. The van der Waals surface area contributed by atoms with Crippen molar-refractivity contribution in [2.45, 2.75) is 51.8 Å². The molecule has 2 N–H and O–H groups in total. The van der Waals surface area contributed by atoms with Gasteiger partial charge in [0, 0.05) is 16.1 Å². The van der Waals surface area contributed by atoms with E-state index in [1.807, 2.05) is 6.08 Å². The molecule has 3 aliphatic rings. The van der Waals surface area contributed by atoms with Gasteiger partial charge in [-0.25, -0.2) is 0 Å². The number of rotatable bonds is 3. The van der Waals surface area contributed by atoms with Crippen LogP contribution in [0.1, 0.15) is 39.5 Å². The molecule has 22 heavy (non-hydrogen) atoms. The highest BCUT2D eigenvalue weighted by Crippen LogP contribution is 2.36. The number of aliphatic imine (C=N–C) groups is 1. The van der Waals surface area contributed by atoms with Crippen LogP contribution in [0.2, 0.25) is 0 Å². The number of nitrogens with zero attached hydrogens (tertiary/aromatic N) is 1. The van der Waals surface area contributed by atoms with Gasteiger partial charge in [0.15, 0.2) is 0 Å². The maximum atomic E-state index is 10.4. The molecule has 0 amide bonds. The van der Waals surface area contributed by atoms with Gasteiger partial charge in [0.05, 0.1) is 17.3 Å². The van der Waals surface area contributed by atoms with Crippen molar-refractivity contribution in [2.24, 2.45) is 16.3 Å². The Labute approximate surface area is 141 Å². The monoisotopic (exact) mass is 340 g/mol. The van der Waals surface area contributed by atoms with Crippen LogP contribution in [0.15, 0.2) is 39.0 Å². The van der Waals surface area contributed by atoms with E-state index in [1.165, 1.54) is 12.8 Å². The van der Waals surface area contributed by atoms with Crippen molar-refractivity contribution in [3.05, 3.63) is 34.0 Å². The number of allylic oxidation sites excluding steroid dienone is 5. The van der Waals surface area contributed by atoms with Crippen LogP contribution in [0.25, 0.3) is 0 Å². The highest BCUT2D eigenvalue weighted by atomic mass is 35.5. The number of fused-ring (bicyclic) bond motifs is 1. The zero-order valence-corrected chi connectivity index (χ0v) is 14.5. The Morgan fingerprint density at radius 2 is 1.95 bits per heavy atom. The molecule has 3 nitrogen and oxygen atoms in total. The van der Waals surface area contributed by atoms with Crippen molar-refractivity contribution in [3.8, 4) is 0 Å². The van der Waals surface area contributed by atoms with Crippen LogP contribution in [0, 0.1) is 11.3 Å². The Kier molecular flexibility index (Phi) is 4.52. The van der Waals surface area contributed by atoms with E-state index in [2.05, 4.69) is 24.2 Å². The zero-order valence-electron chi connectivity index (χ0n) is 12.9. The molecule has 5 heteroatoms. The van der Waals surface area contributed by atoms with E-state index in [4.69, 9.17) is 23.2 Å². The van der Waals surface area contributed by atoms with Crippen molar-refractivity contribution in [1.29, 1.82) is 0 Å². The summed E-state index contributed by atoms with van der Waals surface area (Å²) >= 11 is 12.2. The molecule has 120 valence electrons. The molecule has 0 aromatic heterocycles. The van der Waals surface area contributed by atoms with Gasteiger partial charge in [0.1, 0.15) is 6.23 Å². The fraction of sp³-hybridized carbons (Fsp3) is 0.588. The lowest BCUT2D eigenvalue weighted by molar-refractivity contribution is 0.122. The number of hydrogen-bond acceptors (Lipinski definition) is 3. The van der Waals surface area contributed by atoms with E-state index in [9.17, 15) is 5.11 Å². The molecule has 0 saturated heterocycles. The molecule has 3 rings (SSSR count). The van der Waals surface area contributed by atoms with Gasteiger partial charge in [-0.15, -0.1) is 0 Å². The standard InChI is InChI=1S/C17H22Cl2N2O/c1-17(2)5-3-11(4-6-17)20-16(22)15-9-12-13(19)7-10(18)8-14(12)21-15/h7-9,11-12,16,20,22H,3-6H2,1-2H3. The van der Waals surface area contributed by atoms with Crippen molar-refractivity contribution in [2.75, 3.05) is 0 Å². The number of halogens is 2. The molecule has 0 aromatic rings. The van der Waals surface area contributed by atoms with Crippen LogP contribution in [-0.2, 0) is 0 Å². The van der Waals surface area contributed by atoms with Gasteiger partial charge in [0.25, 0.3) is 0 Å². The van der Waals surface area contributed by atoms with Crippen LogP contribution in [0.5, 0.6) is 0 Å². The molecule has 1 heterocycles.